The molecule has 2 heterocycles. The van der Waals surface area contributed by atoms with Gasteiger partial charge in [-0.1, -0.05) is 30.3 Å². The number of hydrogen-bond donors (Lipinski definition) is 0. The molecule has 8 heteroatoms. The van der Waals surface area contributed by atoms with Gasteiger partial charge in [0.15, 0.2) is 5.92 Å². The highest BCUT2D eigenvalue weighted by atomic mass is 16.7. The monoisotopic (exact) mass is 455 g/mol. The van der Waals surface area contributed by atoms with E-state index >= 15 is 0 Å². The molecular weight excluding hydrogens is 426 g/mol. The summed E-state index contributed by atoms with van der Waals surface area (Å²) >= 11 is 0. The Morgan fingerprint density at radius 3 is 2.55 bits per heavy atom. The largest absolute Gasteiger partial charge is 0.460 e. The molecule has 8 nitrogen and oxygen atoms in total. The van der Waals surface area contributed by atoms with Gasteiger partial charge in [-0.05, 0) is 50.3 Å². The summed E-state index contributed by atoms with van der Waals surface area (Å²) in [6, 6.07) is 9.64. The number of fused-ring (bicyclic) bond motifs is 3. The second kappa shape index (κ2) is 9.11. The molecule has 1 aliphatic heterocycles. The number of benzene rings is 1. The van der Waals surface area contributed by atoms with E-state index < -0.39 is 23.5 Å². The molecule has 0 amide bonds. The Morgan fingerprint density at radius 1 is 1.15 bits per heavy atom. The van der Waals surface area contributed by atoms with Crippen LogP contribution in [-0.4, -0.2) is 36.0 Å². The van der Waals surface area contributed by atoms with Crippen LogP contribution in [0.15, 0.2) is 35.1 Å². The van der Waals surface area contributed by atoms with Gasteiger partial charge >= 0.3 is 11.9 Å². The highest BCUT2D eigenvalue weighted by molar-refractivity contribution is 6.02. The predicted molar refractivity (Wildman–Crippen MR) is 119 cm³/mol. The number of methoxy groups -OCH3 is 1. The number of carbonyl (C=O) groups excluding carboxylic acids is 2. The van der Waals surface area contributed by atoms with Gasteiger partial charge < -0.3 is 23.5 Å². The van der Waals surface area contributed by atoms with Crippen molar-refractivity contribution in [1.29, 1.82) is 0 Å². The van der Waals surface area contributed by atoms with E-state index in [9.17, 15) is 14.4 Å². The average Bonchev–Trinajstić information content (AvgIpc) is 3.18. The molecule has 0 saturated carbocycles. The molecule has 1 aliphatic carbocycles. The van der Waals surface area contributed by atoms with Crippen LogP contribution in [0.2, 0.25) is 0 Å². The van der Waals surface area contributed by atoms with Gasteiger partial charge in [0, 0.05) is 7.11 Å². The molecule has 0 N–H and O–H groups in total. The molecule has 2 aromatic rings. The van der Waals surface area contributed by atoms with E-state index in [4.69, 9.17) is 18.9 Å². The standard InChI is InChI=1S/C25H29NO7/c1-25(2,3)33-24(29)20-19-16-10-11-18(32-14-30-4)21(16)26(12-15-8-6-5-7-9-15)22(27)17(19)13-31-23(20)28/h5-9,18,20H,10-14H2,1-4H3. The molecule has 0 bridgehead atoms. The third-order valence-corrected chi connectivity index (χ3v) is 5.81. The molecule has 2 atom stereocenters. The Hall–Kier alpha value is -2.97. The van der Waals surface area contributed by atoms with Crippen LogP contribution in [0, 0.1) is 0 Å². The number of carbonyl (C=O) groups is 2. The highest BCUT2D eigenvalue weighted by Gasteiger charge is 2.44. The number of pyridine rings is 1. The maximum absolute atomic E-state index is 13.7. The predicted octanol–water partition coefficient (Wildman–Crippen LogP) is 2.99. The molecule has 2 unspecified atom stereocenters. The maximum atomic E-state index is 13.7. The first-order chi connectivity index (χ1) is 15.7. The smallest absolute Gasteiger partial charge is 0.325 e. The molecule has 2 aliphatic rings. The lowest BCUT2D eigenvalue weighted by Crippen LogP contribution is -2.40. The lowest BCUT2D eigenvalue weighted by Gasteiger charge is -2.30. The average molecular weight is 456 g/mol. The van der Waals surface area contributed by atoms with E-state index in [1.165, 1.54) is 7.11 Å². The van der Waals surface area contributed by atoms with Gasteiger partial charge in [-0.25, -0.2) is 0 Å². The van der Waals surface area contributed by atoms with Crippen molar-refractivity contribution >= 4 is 11.9 Å². The van der Waals surface area contributed by atoms with Crippen molar-refractivity contribution in [2.75, 3.05) is 13.9 Å². The number of nitrogens with zero attached hydrogens (tertiary/aromatic N) is 1. The van der Waals surface area contributed by atoms with Gasteiger partial charge in [0.25, 0.3) is 5.56 Å². The number of ether oxygens (including phenoxy) is 4. The van der Waals surface area contributed by atoms with Crippen LogP contribution < -0.4 is 5.56 Å². The quantitative estimate of drug-likeness (QED) is 0.376. The first-order valence-corrected chi connectivity index (χ1v) is 11.0. The summed E-state index contributed by atoms with van der Waals surface area (Å²) in [7, 11) is 1.54. The molecule has 4 rings (SSSR count). The normalized spacial score (nSPS) is 19.6. The Labute approximate surface area is 192 Å². The Kier molecular flexibility index (Phi) is 6.41. The minimum atomic E-state index is -1.29. The summed E-state index contributed by atoms with van der Waals surface area (Å²) in [5.74, 6) is -2.69. The van der Waals surface area contributed by atoms with E-state index in [1.807, 2.05) is 30.3 Å². The van der Waals surface area contributed by atoms with Crippen LogP contribution in [0.3, 0.4) is 0 Å². The van der Waals surface area contributed by atoms with Gasteiger partial charge in [0.1, 0.15) is 25.1 Å². The van der Waals surface area contributed by atoms with Gasteiger partial charge in [0.05, 0.1) is 17.8 Å². The first-order valence-electron chi connectivity index (χ1n) is 11.0. The Bertz CT molecular complexity index is 1110. The van der Waals surface area contributed by atoms with Crippen LogP contribution in [0.1, 0.15) is 67.2 Å². The van der Waals surface area contributed by atoms with Gasteiger partial charge in [-0.2, -0.15) is 0 Å². The van der Waals surface area contributed by atoms with Crippen molar-refractivity contribution in [3.8, 4) is 0 Å². The number of cyclic esters (lactones) is 1. The van der Waals surface area contributed by atoms with Gasteiger partial charge in [-0.3, -0.25) is 14.4 Å². The summed E-state index contributed by atoms with van der Waals surface area (Å²) in [5.41, 5.74) is 2.10. The number of aromatic nitrogens is 1. The zero-order chi connectivity index (χ0) is 23.8. The van der Waals surface area contributed by atoms with Crippen LogP contribution in [0.4, 0.5) is 0 Å². The Balaban J connectivity index is 1.89. The number of esters is 2. The summed E-state index contributed by atoms with van der Waals surface area (Å²) < 4.78 is 23.5. The highest BCUT2D eigenvalue weighted by Crippen LogP contribution is 2.41. The number of hydrogen-bond acceptors (Lipinski definition) is 7. The molecule has 1 aromatic heterocycles. The van der Waals surface area contributed by atoms with E-state index in [0.29, 0.717) is 36.2 Å². The van der Waals surface area contributed by atoms with Crippen molar-refractivity contribution in [3.05, 3.63) is 68.6 Å². The molecular formula is C25H29NO7. The summed E-state index contributed by atoms with van der Waals surface area (Å²) in [6.07, 6.45) is 0.784. The van der Waals surface area contributed by atoms with E-state index in [1.54, 1.807) is 25.3 Å². The minimum Gasteiger partial charge on any atom is -0.460 e. The molecule has 33 heavy (non-hydrogen) atoms. The van der Waals surface area contributed by atoms with Crippen LogP contribution in [0.5, 0.6) is 0 Å². The second-order valence-electron chi connectivity index (χ2n) is 9.31. The lowest BCUT2D eigenvalue weighted by molar-refractivity contribution is -0.166. The molecule has 0 radical (unpaired) electrons. The zero-order valence-electron chi connectivity index (χ0n) is 19.4. The lowest BCUT2D eigenvalue weighted by atomic mass is 9.87. The zero-order valence-corrected chi connectivity index (χ0v) is 19.4. The Morgan fingerprint density at radius 2 is 1.88 bits per heavy atom. The SMILES string of the molecule is COCOC1CCc2c3c(c(=O)n(Cc4ccccc4)c21)COC(=O)C3C(=O)OC(C)(C)C. The van der Waals surface area contributed by atoms with Crippen molar-refractivity contribution < 1.29 is 28.5 Å². The van der Waals surface area contributed by atoms with E-state index in [0.717, 1.165) is 11.1 Å². The summed E-state index contributed by atoms with van der Waals surface area (Å²) in [4.78, 5) is 39.5. The number of rotatable bonds is 6. The third-order valence-electron chi connectivity index (χ3n) is 5.81. The van der Waals surface area contributed by atoms with Crippen molar-refractivity contribution in [2.45, 2.75) is 64.4 Å². The van der Waals surface area contributed by atoms with Crippen molar-refractivity contribution in [2.24, 2.45) is 0 Å². The topological polar surface area (TPSA) is 93.1 Å². The minimum absolute atomic E-state index is 0.0677. The van der Waals surface area contributed by atoms with Gasteiger partial charge in [0.2, 0.25) is 0 Å². The molecule has 0 spiro atoms. The molecule has 176 valence electrons. The van der Waals surface area contributed by atoms with Crippen LogP contribution in [0.25, 0.3) is 0 Å². The first kappa shape index (κ1) is 23.2. The maximum Gasteiger partial charge on any atom is 0.325 e. The second-order valence-corrected chi connectivity index (χ2v) is 9.31. The summed E-state index contributed by atoms with van der Waals surface area (Å²) in [6.45, 7) is 5.44. The fraction of sp³-hybridized carbons (Fsp3) is 0.480. The van der Waals surface area contributed by atoms with E-state index in [2.05, 4.69) is 0 Å². The fourth-order valence-corrected chi connectivity index (χ4v) is 4.56. The van der Waals surface area contributed by atoms with E-state index in [-0.39, 0.29) is 25.1 Å². The summed E-state index contributed by atoms with van der Waals surface area (Å²) in [5, 5.41) is 0. The van der Waals surface area contributed by atoms with Crippen molar-refractivity contribution in [1.82, 2.24) is 4.57 Å². The van der Waals surface area contributed by atoms with Crippen LogP contribution >= 0.6 is 0 Å². The van der Waals surface area contributed by atoms with Crippen molar-refractivity contribution in [3.63, 3.8) is 0 Å². The third kappa shape index (κ3) is 4.58. The molecule has 1 aromatic carbocycles. The fourth-order valence-electron chi connectivity index (χ4n) is 4.56. The van der Waals surface area contributed by atoms with Gasteiger partial charge in [-0.15, -0.1) is 0 Å². The van der Waals surface area contributed by atoms with Crippen LogP contribution in [-0.2, 0) is 48.1 Å². The molecule has 0 saturated heterocycles. The molecule has 0 fully saturated rings.